The molecule has 2 rings (SSSR count). The normalized spacial score (nSPS) is 29.7. The van der Waals surface area contributed by atoms with Gasteiger partial charge in [0.1, 0.15) is 5.78 Å². The van der Waals surface area contributed by atoms with Crippen LogP contribution in [0.15, 0.2) is 0 Å². The van der Waals surface area contributed by atoms with E-state index in [-0.39, 0.29) is 0 Å². The summed E-state index contributed by atoms with van der Waals surface area (Å²) >= 11 is 0. The third-order valence-electron chi connectivity index (χ3n) is 2.57. The number of hydrogen-bond donors (Lipinski definition) is 2. The van der Waals surface area contributed by atoms with Crippen LogP contribution in [0.2, 0.25) is 0 Å². The number of rotatable bonds is 4. The Morgan fingerprint density at radius 2 is 2.33 bits per heavy atom. The van der Waals surface area contributed by atoms with Crippen molar-refractivity contribution in [3.63, 3.8) is 0 Å². The van der Waals surface area contributed by atoms with E-state index in [9.17, 15) is 4.79 Å². The van der Waals surface area contributed by atoms with E-state index in [1.165, 1.54) is 12.8 Å². The molecule has 0 radical (unpaired) electrons. The van der Waals surface area contributed by atoms with Crippen LogP contribution in [0, 0.1) is 0 Å². The first-order valence-corrected chi connectivity index (χ1v) is 4.83. The van der Waals surface area contributed by atoms with Crippen LogP contribution in [0.3, 0.4) is 0 Å². The number of ketones is 1. The summed E-state index contributed by atoms with van der Waals surface area (Å²) in [4.78, 5) is 10.9. The lowest BCUT2D eigenvalue weighted by atomic mass is 10.1. The predicted octanol–water partition coefficient (Wildman–Crippen LogP) is 0.0595. The van der Waals surface area contributed by atoms with Gasteiger partial charge in [0.05, 0.1) is 6.54 Å². The van der Waals surface area contributed by atoms with Crippen molar-refractivity contribution in [2.75, 3.05) is 13.1 Å². The van der Waals surface area contributed by atoms with Crippen molar-refractivity contribution in [1.82, 2.24) is 10.6 Å². The monoisotopic (exact) mass is 168 g/mol. The SMILES string of the molecule is O=C1CNC(CCNC2CC2)C1. The lowest BCUT2D eigenvalue weighted by Crippen LogP contribution is -2.27. The van der Waals surface area contributed by atoms with Gasteiger partial charge in [0.25, 0.3) is 0 Å². The Morgan fingerprint density at radius 1 is 1.50 bits per heavy atom. The Kier molecular flexibility index (Phi) is 2.42. The highest BCUT2D eigenvalue weighted by Gasteiger charge is 2.23. The Morgan fingerprint density at radius 3 is 2.92 bits per heavy atom. The number of carbonyl (C=O) groups is 1. The summed E-state index contributed by atoms with van der Waals surface area (Å²) < 4.78 is 0. The smallest absolute Gasteiger partial charge is 0.148 e. The molecule has 0 aromatic rings. The van der Waals surface area contributed by atoms with Gasteiger partial charge in [-0.05, 0) is 25.8 Å². The standard InChI is InChI=1S/C9H16N2O/c12-9-5-8(11-6-9)3-4-10-7-1-2-7/h7-8,10-11H,1-6H2. The Hall–Kier alpha value is -0.410. The molecule has 68 valence electrons. The van der Waals surface area contributed by atoms with Crippen LogP contribution in [0.4, 0.5) is 0 Å². The van der Waals surface area contributed by atoms with E-state index in [4.69, 9.17) is 0 Å². The van der Waals surface area contributed by atoms with Gasteiger partial charge in [-0.25, -0.2) is 0 Å². The summed E-state index contributed by atoms with van der Waals surface area (Å²) in [6.45, 7) is 1.66. The fourth-order valence-corrected chi connectivity index (χ4v) is 1.63. The van der Waals surface area contributed by atoms with E-state index in [0.29, 0.717) is 18.4 Å². The van der Waals surface area contributed by atoms with Gasteiger partial charge in [0, 0.05) is 18.5 Å². The highest BCUT2D eigenvalue weighted by Crippen LogP contribution is 2.18. The molecule has 0 spiro atoms. The first-order valence-electron chi connectivity index (χ1n) is 4.83. The third-order valence-corrected chi connectivity index (χ3v) is 2.57. The van der Waals surface area contributed by atoms with Crippen molar-refractivity contribution in [2.45, 2.75) is 37.8 Å². The molecule has 0 bridgehead atoms. The van der Waals surface area contributed by atoms with Crippen molar-refractivity contribution in [3.05, 3.63) is 0 Å². The van der Waals surface area contributed by atoms with Crippen LogP contribution in [-0.2, 0) is 4.79 Å². The minimum Gasteiger partial charge on any atom is -0.314 e. The maximum Gasteiger partial charge on any atom is 0.148 e. The number of hydrogen-bond acceptors (Lipinski definition) is 3. The Balaban J connectivity index is 1.56. The number of Topliss-reactive ketones (excluding diaryl/α,β-unsaturated/α-hetero) is 1. The average Bonchev–Trinajstić information content (AvgIpc) is 2.76. The maximum absolute atomic E-state index is 10.9. The van der Waals surface area contributed by atoms with Crippen molar-refractivity contribution in [2.24, 2.45) is 0 Å². The number of carbonyl (C=O) groups excluding carboxylic acids is 1. The molecule has 1 unspecified atom stereocenters. The molecule has 0 aromatic carbocycles. The van der Waals surface area contributed by atoms with Gasteiger partial charge in [-0.3, -0.25) is 4.79 Å². The molecule has 1 heterocycles. The van der Waals surface area contributed by atoms with Crippen LogP contribution >= 0.6 is 0 Å². The summed E-state index contributed by atoms with van der Waals surface area (Å²) in [6.07, 6.45) is 4.53. The first kappa shape index (κ1) is 8.20. The van der Waals surface area contributed by atoms with E-state index in [1.54, 1.807) is 0 Å². The van der Waals surface area contributed by atoms with Crippen molar-refractivity contribution < 1.29 is 4.79 Å². The minimum atomic E-state index is 0.367. The van der Waals surface area contributed by atoms with Crippen LogP contribution in [0.5, 0.6) is 0 Å². The largest absolute Gasteiger partial charge is 0.314 e. The van der Waals surface area contributed by atoms with Crippen LogP contribution in [0.25, 0.3) is 0 Å². The molecule has 1 aliphatic carbocycles. The fourth-order valence-electron chi connectivity index (χ4n) is 1.63. The first-order chi connectivity index (χ1) is 5.84. The topological polar surface area (TPSA) is 41.1 Å². The zero-order chi connectivity index (χ0) is 8.39. The van der Waals surface area contributed by atoms with E-state index >= 15 is 0 Å². The van der Waals surface area contributed by atoms with Gasteiger partial charge >= 0.3 is 0 Å². The predicted molar refractivity (Wildman–Crippen MR) is 47.1 cm³/mol. The van der Waals surface area contributed by atoms with Crippen LogP contribution in [0.1, 0.15) is 25.7 Å². The van der Waals surface area contributed by atoms with Gasteiger partial charge in [-0.2, -0.15) is 0 Å². The zero-order valence-electron chi connectivity index (χ0n) is 7.31. The molecule has 0 aromatic heterocycles. The summed E-state index contributed by atoms with van der Waals surface area (Å²) in [7, 11) is 0. The molecule has 3 heteroatoms. The summed E-state index contributed by atoms with van der Waals surface area (Å²) in [6, 6.07) is 1.24. The van der Waals surface area contributed by atoms with Gasteiger partial charge in [-0.15, -0.1) is 0 Å². The second kappa shape index (κ2) is 3.54. The molecule has 1 saturated heterocycles. The number of nitrogens with one attached hydrogen (secondary N) is 2. The summed E-state index contributed by atoms with van der Waals surface area (Å²) in [5, 5.41) is 6.66. The molecular formula is C9H16N2O. The Labute approximate surface area is 72.9 Å². The van der Waals surface area contributed by atoms with Crippen molar-refractivity contribution in [3.8, 4) is 0 Å². The fraction of sp³-hybridized carbons (Fsp3) is 0.889. The van der Waals surface area contributed by atoms with E-state index in [1.807, 2.05) is 0 Å². The lowest BCUT2D eigenvalue weighted by molar-refractivity contribution is -0.116. The molecule has 2 N–H and O–H groups in total. The van der Waals surface area contributed by atoms with Crippen molar-refractivity contribution in [1.29, 1.82) is 0 Å². The Bertz CT molecular complexity index is 177. The van der Waals surface area contributed by atoms with Gasteiger partial charge in [-0.1, -0.05) is 0 Å². The molecule has 3 nitrogen and oxygen atoms in total. The highest BCUT2D eigenvalue weighted by molar-refractivity contribution is 5.83. The molecule has 1 aliphatic heterocycles. The van der Waals surface area contributed by atoms with E-state index in [0.717, 1.165) is 25.4 Å². The molecule has 12 heavy (non-hydrogen) atoms. The molecule has 0 amide bonds. The summed E-state index contributed by atoms with van der Waals surface area (Å²) in [5.41, 5.74) is 0. The molecule has 2 aliphatic rings. The molecule has 1 saturated carbocycles. The van der Waals surface area contributed by atoms with E-state index < -0.39 is 0 Å². The highest BCUT2D eigenvalue weighted by atomic mass is 16.1. The van der Waals surface area contributed by atoms with Gasteiger partial charge in [0.2, 0.25) is 0 Å². The lowest BCUT2D eigenvalue weighted by Gasteiger charge is -2.08. The quantitative estimate of drug-likeness (QED) is 0.623. The second-order valence-electron chi connectivity index (χ2n) is 3.84. The average molecular weight is 168 g/mol. The molecule has 1 atom stereocenters. The van der Waals surface area contributed by atoms with Gasteiger partial charge < -0.3 is 10.6 Å². The zero-order valence-corrected chi connectivity index (χ0v) is 7.31. The maximum atomic E-state index is 10.9. The minimum absolute atomic E-state index is 0.367. The molecular weight excluding hydrogens is 152 g/mol. The van der Waals surface area contributed by atoms with Crippen LogP contribution < -0.4 is 10.6 Å². The summed E-state index contributed by atoms with van der Waals surface area (Å²) in [5.74, 6) is 0.367. The third kappa shape index (κ3) is 2.29. The van der Waals surface area contributed by atoms with Gasteiger partial charge in [0.15, 0.2) is 0 Å². The molecule has 2 fully saturated rings. The van der Waals surface area contributed by atoms with Crippen LogP contribution in [-0.4, -0.2) is 31.0 Å². The second-order valence-corrected chi connectivity index (χ2v) is 3.84. The van der Waals surface area contributed by atoms with E-state index in [2.05, 4.69) is 10.6 Å². The van der Waals surface area contributed by atoms with Crippen molar-refractivity contribution >= 4 is 5.78 Å².